The maximum Gasteiger partial charge on any atom is 0.219 e. The number of nitrogens with one attached hydrogen (secondary N) is 2. The van der Waals surface area contributed by atoms with Crippen molar-refractivity contribution in [1.82, 2.24) is 15.5 Å². The fourth-order valence-electron chi connectivity index (χ4n) is 3.49. The third-order valence-corrected chi connectivity index (χ3v) is 4.64. The van der Waals surface area contributed by atoms with Crippen molar-refractivity contribution in [3.63, 3.8) is 0 Å². The number of likely N-dealkylation sites (tertiary alicyclic amines) is 1. The number of amides is 1. The van der Waals surface area contributed by atoms with Gasteiger partial charge in [-0.1, -0.05) is 6.92 Å². The molecule has 116 valence electrons. The van der Waals surface area contributed by atoms with Gasteiger partial charge in [0.05, 0.1) is 0 Å². The molecule has 2 fully saturated rings. The summed E-state index contributed by atoms with van der Waals surface area (Å²) in [4.78, 5) is 14.2. The molecule has 0 aromatic rings. The van der Waals surface area contributed by atoms with E-state index in [1.807, 2.05) is 0 Å². The van der Waals surface area contributed by atoms with Crippen molar-refractivity contribution in [3.8, 4) is 0 Å². The highest BCUT2D eigenvalue weighted by Gasteiger charge is 2.23. The van der Waals surface area contributed by atoms with Crippen LogP contribution in [0.1, 0.15) is 45.4 Å². The van der Waals surface area contributed by atoms with Crippen molar-refractivity contribution < 1.29 is 4.79 Å². The van der Waals surface area contributed by atoms with Crippen LogP contribution >= 0.6 is 0 Å². The summed E-state index contributed by atoms with van der Waals surface area (Å²) in [5, 5.41) is 6.54. The van der Waals surface area contributed by atoms with E-state index in [9.17, 15) is 4.79 Å². The fraction of sp³-hybridized carbons (Fsp3) is 0.938. The predicted octanol–water partition coefficient (Wildman–Crippen LogP) is 1.61. The Morgan fingerprint density at radius 2 is 2.05 bits per heavy atom. The predicted molar refractivity (Wildman–Crippen MR) is 82.7 cm³/mol. The number of nitrogens with zero attached hydrogens (tertiary/aromatic N) is 1. The van der Waals surface area contributed by atoms with Crippen LogP contribution in [0.25, 0.3) is 0 Å². The molecule has 20 heavy (non-hydrogen) atoms. The monoisotopic (exact) mass is 281 g/mol. The molecule has 4 nitrogen and oxygen atoms in total. The molecule has 2 heterocycles. The summed E-state index contributed by atoms with van der Waals surface area (Å²) in [7, 11) is 0. The summed E-state index contributed by atoms with van der Waals surface area (Å²) in [6.45, 7) is 9.01. The lowest BCUT2D eigenvalue weighted by Crippen LogP contribution is -2.44. The maximum atomic E-state index is 11.6. The third-order valence-electron chi connectivity index (χ3n) is 4.64. The van der Waals surface area contributed by atoms with Crippen LogP contribution < -0.4 is 10.6 Å². The Bertz CT molecular complexity index is 289. The molecular formula is C16H31N3O. The first-order valence-electron chi connectivity index (χ1n) is 8.47. The van der Waals surface area contributed by atoms with Crippen LogP contribution in [0.5, 0.6) is 0 Å². The molecule has 4 heteroatoms. The Morgan fingerprint density at radius 1 is 1.25 bits per heavy atom. The number of hydrogen-bond donors (Lipinski definition) is 2. The van der Waals surface area contributed by atoms with Crippen LogP contribution in [-0.4, -0.2) is 50.1 Å². The highest BCUT2D eigenvalue weighted by atomic mass is 16.1. The van der Waals surface area contributed by atoms with Gasteiger partial charge in [0.2, 0.25) is 5.91 Å². The molecule has 0 saturated carbocycles. The molecule has 2 N–H and O–H groups in total. The average molecular weight is 281 g/mol. The summed E-state index contributed by atoms with van der Waals surface area (Å²) in [6.07, 6.45) is 6.83. The highest BCUT2D eigenvalue weighted by molar-refractivity contribution is 5.75. The molecule has 1 atom stereocenters. The van der Waals surface area contributed by atoms with E-state index in [0.29, 0.717) is 12.3 Å². The number of piperidine rings is 2. The molecule has 0 aromatic carbocycles. The van der Waals surface area contributed by atoms with Crippen molar-refractivity contribution in [1.29, 1.82) is 0 Å². The van der Waals surface area contributed by atoms with Gasteiger partial charge in [-0.05, 0) is 63.6 Å². The molecule has 2 aliphatic rings. The fourth-order valence-corrected chi connectivity index (χ4v) is 3.49. The quantitative estimate of drug-likeness (QED) is 0.777. The van der Waals surface area contributed by atoms with Crippen molar-refractivity contribution in [2.24, 2.45) is 11.8 Å². The van der Waals surface area contributed by atoms with Gasteiger partial charge in [0, 0.05) is 26.1 Å². The molecule has 0 radical (unpaired) electrons. The summed E-state index contributed by atoms with van der Waals surface area (Å²) < 4.78 is 0. The average Bonchev–Trinajstić information content (AvgIpc) is 2.47. The summed E-state index contributed by atoms with van der Waals surface area (Å²) >= 11 is 0. The SMILES string of the molecule is CCCC(=O)NCC1CCCN(CC2CCNCC2)C1. The third kappa shape index (κ3) is 5.41. The minimum atomic E-state index is 0.225. The second-order valence-corrected chi connectivity index (χ2v) is 6.52. The van der Waals surface area contributed by atoms with Crippen molar-refractivity contribution in [2.75, 3.05) is 39.3 Å². The summed E-state index contributed by atoms with van der Waals surface area (Å²) in [6, 6.07) is 0. The van der Waals surface area contributed by atoms with Crippen molar-refractivity contribution in [2.45, 2.75) is 45.4 Å². The minimum absolute atomic E-state index is 0.225. The van der Waals surface area contributed by atoms with Crippen LogP contribution in [0.2, 0.25) is 0 Å². The van der Waals surface area contributed by atoms with Gasteiger partial charge in [-0.25, -0.2) is 0 Å². The van der Waals surface area contributed by atoms with Gasteiger partial charge >= 0.3 is 0 Å². The molecule has 2 saturated heterocycles. The Morgan fingerprint density at radius 3 is 2.80 bits per heavy atom. The first-order chi connectivity index (χ1) is 9.78. The largest absolute Gasteiger partial charge is 0.356 e. The van der Waals surface area contributed by atoms with E-state index >= 15 is 0 Å². The minimum Gasteiger partial charge on any atom is -0.356 e. The van der Waals surface area contributed by atoms with Gasteiger partial charge in [0.1, 0.15) is 0 Å². The van der Waals surface area contributed by atoms with Crippen molar-refractivity contribution >= 4 is 5.91 Å². The molecule has 0 aliphatic carbocycles. The van der Waals surface area contributed by atoms with Crippen LogP contribution in [-0.2, 0) is 4.79 Å². The first-order valence-corrected chi connectivity index (χ1v) is 8.47. The number of carbonyl (C=O) groups is 1. The zero-order valence-corrected chi connectivity index (χ0v) is 13.0. The lowest BCUT2D eigenvalue weighted by molar-refractivity contribution is -0.121. The molecule has 2 aliphatic heterocycles. The molecule has 2 rings (SSSR count). The molecule has 0 bridgehead atoms. The van der Waals surface area contributed by atoms with E-state index in [0.717, 1.165) is 18.9 Å². The Kier molecular flexibility index (Phi) is 6.80. The second-order valence-electron chi connectivity index (χ2n) is 6.52. The van der Waals surface area contributed by atoms with Gasteiger partial charge in [0.15, 0.2) is 0 Å². The highest BCUT2D eigenvalue weighted by Crippen LogP contribution is 2.20. The topological polar surface area (TPSA) is 44.4 Å². The van der Waals surface area contributed by atoms with E-state index in [4.69, 9.17) is 0 Å². The lowest BCUT2D eigenvalue weighted by Gasteiger charge is -2.36. The standard InChI is InChI=1S/C16H31N3O/c1-2-4-16(20)18-11-15-5-3-10-19(13-15)12-14-6-8-17-9-7-14/h14-15,17H,2-13H2,1H3,(H,18,20). The van der Waals surface area contributed by atoms with E-state index in [1.165, 1.54) is 58.4 Å². The first kappa shape index (κ1) is 15.8. The Labute approximate surface area is 123 Å². The molecule has 1 unspecified atom stereocenters. The van der Waals surface area contributed by atoms with Gasteiger partial charge in [-0.2, -0.15) is 0 Å². The zero-order valence-electron chi connectivity index (χ0n) is 13.0. The smallest absolute Gasteiger partial charge is 0.219 e. The van der Waals surface area contributed by atoms with Crippen molar-refractivity contribution in [3.05, 3.63) is 0 Å². The van der Waals surface area contributed by atoms with E-state index in [2.05, 4.69) is 22.5 Å². The number of hydrogen-bond acceptors (Lipinski definition) is 3. The van der Waals surface area contributed by atoms with E-state index in [-0.39, 0.29) is 5.91 Å². The van der Waals surface area contributed by atoms with Gasteiger partial charge in [0.25, 0.3) is 0 Å². The molecule has 1 amide bonds. The van der Waals surface area contributed by atoms with E-state index in [1.54, 1.807) is 0 Å². The second kappa shape index (κ2) is 8.63. The van der Waals surface area contributed by atoms with Gasteiger partial charge in [-0.15, -0.1) is 0 Å². The van der Waals surface area contributed by atoms with Gasteiger partial charge in [-0.3, -0.25) is 4.79 Å². The van der Waals surface area contributed by atoms with Gasteiger partial charge < -0.3 is 15.5 Å². The number of carbonyl (C=O) groups excluding carboxylic acids is 1. The molecule has 0 aromatic heterocycles. The lowest BCUT2D eigenvalue weighted by atomic mass is 9.93. The summed E-state index contributed by atoms with van der Waals surface area (Å²) in [5.41, 5.74) is 0. The van der Waals surface area contributed by atoms with Crippen LogP contribution in [0.3, 0.4) is 0 Å². The summed E-state index contributed by atoms with van der Waals surface area (Å²) in [5.74, 6) is 1.76. The molecule has 0 spiro atoms. The Hall–Kier alpha value is -0.610. The number of rotatable bonds is 6. The van der Waals surface area contributed by atoms with Crippen LogP contribution in [0, 0.1) is 11.8 Å². The Balaban J connectivity index is 1.66. The molecular weight excluding hydrogens is 250 g/mol. The van der Waals surface area contributed by atoms with Crippen LogP contribution in [0.15, 0.2) is 0 Å². The normalized spacial score (nSPS) is 25.6. The van der Waals surface area contributed by atoms with E-state index < -0.39 is 0 Å². The zero-order chi connectivity index (χ0) is 14.2. The maximum absolute atomic E-state index is 11.6. The van der Waals surface area contributed by atoms with Crippen LogP contribution in [0.4, 0.5) is 0 Å².